The van der Waals surface area contributed by atoms with Crippen LogP contribution in [0.1, 0.15) is 26.7 Å². The number of nitrogens with one attached hydrogen (secondary N) is 2. The summed E-state index contributed by atoms with van der Waals surface area (Å²) >= 11 is 0. The van der Waals surface area contributed by atoms with E-state index in [4.69, 9.17) is 10.8 Å². The first-order valence-corrected chi connectivity index (χ1v) is 4.95. The predicted octanol–water partition coefficient (Wildman–Crippen LogP) is -0.587. The fraction of sp³-hybridized carbons (Fsp3) is 0.667. The first kappa shape index (κ1) is 14.2. The lowest BCUT2D eigenvalue weighted by Gasteiger charge is -2.16. The Bertz CT molecular complexity index is 280. The van der Waals surface area contributed by atoms with E-state index < -0.39 is 30.0 Å². The summed E-state index contributed by atoms with van der Waals surface area (Å²) in [7, 11) is 0. The molecule has 0 aromatic carbocycles. The van der Waals surface area contributed by atoms with Crippen molar-refractivity contribution in [3.63, 3.8) is 0 Å². The Morgan fingerprint density at radius 2 is 1.88 bits per heavy atom. The van der Waals surface area contributed by atoms with E-state index >= 15 is 0 Å². The third-order valence-electron chi connectivity index (χ3n) is 1.90. The zero-order chi connectivity index (χ0) is 12.7. The highest BCUT2D eigenvalue weighted by atomic mass is 16.4. The van der Waals surface area contributed by atoms with Crippen LogP contribution in [0.15, 0.2) is 0 Å². The summed E-state index contributed by atoms with van der Waals surface area (Å²) in [6, 6.07) is -1.98. The molecule has 0 bridgehead atoms. The Kier molecular flexibility index (Phi) is 5.91. The van der Waals surface area contributed by atoms with Gasteiger partial charge in [0.25, 0.3) is 0 Å². The van der Waals surface area contributed by atoms with Crippen molar-refractivity contribution in [3.05, 3.63) is 0 Å². The topological polar surface area (TPSA) is 122 Å². The van der Waals surface area contributed by atoms with E-state index in [1.807, 2.05) is 0 Å². The Balaban J connectivity index is 4.06. The summed E-state index contributed by atoms with van der Waals surface area (Å²) in [5, 5.41) is 13.4. The van der Waals surface area contributed by atoms with Gasteiger partial charge in [0.05, 0.1) is 0 Å². The smallest absolute Gasteiger partial charge is 0.326 e. The third kappa shape index (κ3) is 5.84. The molecular weight excluding hydrogens is 214 g/mol. The largest absolute Gasteiger partial charge is 0.480 e. The molecule has 16 heavy (non-hydrogen) atoms. The van der Waals surface area contributed by atoms with Crippen LogP contribution < -0.4 is 16.4 Å². The van der Waals surface area contributed by atoms with E-state index in [1.165, 1.54) is 0 Å². The van der Waals surface area contributed by atoms with Crippen LogP contribution in [-0.2, 0) is 9.59 Å². The molecule has 7 heteroatoms. The molecule has 5 N–H and O–H groups in total. The minimum Gasteiger partial charge on any atom is -0.480 e. The monoisotopic (exact) mass is 231 g/mol. The highest BCUT2D eigenvalue weighted by Crippen LogP contribution is 1.92. The molecule has 0 saturated carbocycles. The van der Waals surface area contributed by atoms with Crippen molar-refractivity contribution < 1.29 is 19.5 Å². The number of urea groups is 1. The van der Waals surface area contributed by atoms with Crippen LogP contribution in [0.3, 0.4) is 0 Å². The molecule has 0 radical (unpaired) electrons. The maximum atomic E-state index is 11.3. The normalized spacial score (nSPS) is 13.6. The highest BCUT2D eigenvalue weighted by Gasteiger charge is 2.18. The first-order chi connectivity index (χ1) is 7.36. The second-order valence-corrected chi connectivity index (χ2v) is 3.49. The van der Waals surface area contributed by atoms with Gasteiger partial charge in [-0.1, -0.05) is 6.92 Å². The van der Waals surface area contributed by atoms with E-state index in [2.05, 4.69) is 10.6 Å². The fourth-order valence-electron chi connectivity index (χ4n) is 1.11. The average molecular weight is 231 g/mol. The van der Waals surface area contributed by atoms with Crippen LogP contribution in [0.5, 0.6) is 0 Å². The van der Waals surface area contributed by atoms with Crippen LogP contribution in [0.2, 0.25) is 0 Å². The van der Waals surface area contributed by atoms with Gasteiger partial charge in [0.2, 0.25) is 5.91 Å². The molecule has 0 aromatic rings. The Morgan fingerprint density at radius 3 is 2.25 bits per heavy atom. The van der Waals surface area contributed by atoms with Gasteiger partial charge >= 0.3 is 12.0 Å². The third-order valence-corrected chi connectivity index (χ3v) is 1.90. The number of hydrogen-bond donors (Lipinski definition) is 4. The highest BCUT2D eigenvalue weighted by molar-refractivity contribution is 5.83. The number of carboxylic acid groups (broad SMARTS) is 1. The van der Waals surface area contributed by atoms with Gasteiger partial charge in [0.1, 0.15) is 6.04 Å². The van der Waals surface area contributed by atoms with Crippen molar-refractivity contribution in [1.82, 2.24) is 10.6 Å². The lowest BCUT2D eigenvalue weighted by molar-refractivity contribution is -0.139. The van der Waals surface area contributed by atoms with Crippen molar-refractivity contribution in [2.24, 2.45) is 5.73 Å². The molecule has 7 nitrogen and oxygen atoms in total. The van der Waals surface area contributed by atoms with Crippen molar-refractivity contribution in [3.8, 4) is 0 Å². The van der Waals surface area contributed by atoms with E-state index in [0.29, 0.717) is 0 Å². The lowest BCUT2D eigenvalue weighted by Crippen LogP contribution is -2.48. The maximum absolute atomic E-state index is 11.3. The van der Waals surface area contributed by atoms with Gasteiger partial charge in [-0.2, -0.15) is 0 Å². The summed E-state index contributed by atoms with van der Waals surface area (Å²) in [6.07, 6.45) is 0.296. The number of carbonyl (C=O) groups is 3. The molecular formula is C9H17N3O4. The molecule has 0 rings (SSSR count). The molecule has 0 fully saturated rings. The number of carbonyl (C=O) groups excluding carboxylic acids is 2. The number of primary amides is 1. The van der Waals surface area contributed by atoms with E-state index in [0.717, 1.165) is 0 Å². The fourth-order valence-corrected chi connectivity index (χ4v) is 1.11. The van der Waals surface area contributed by atoms with Gasteiger partial charge in [0, 0.05) is 12.5 Å². The van der Waals surface area contributed by atoms with Crippen LogP contribution >= 0.6 is 0 Å². The lowest BCUT2D eigenvalue weighted by atomic mass is 10.2. The summed E-state index contributed by atoms with van der Waals surface area (Å²) < 4.78 is 0. The summed E-state index contributed by atoms with van der Waals surface area (Å²) in [5.41, 5.74) is 4.94. The number of hydrogen-bond acceptors (Lipinski definition) is 3. The van der Waals surface area contributed by atoms with Crippen LogP contribution in [0.25, 0.3) is 0 Å². The second kappa shape index (κ2) is 6.65. The average Bonchev–Trinajstić information content (AvgIpc) is 2.11. The maximum Gasteiger partial charge on any atom is 0.326 e. The van der Waals surface area contributed by atoms with Crippen molar-refractivity contribution in [1.29, 1.82) is 0 Å². The molecule has 0 aliphatic carbocycles. The summed E-state index contributed by atoms with van der Waals surface area (Å²) in [4.78, 5) is 32.4. The van der Waals surface area contributed by atoms with Gasteiger partial charge in [-0.25, -0.2) is 9.59 Å². The molecule has 0 aromatic heterocycles. The molecule has 0 aliphatic rings. The minimum atomic E-state index is -1.10. The molecule has 0 heterocycles. The minimum absolute atomic E-state index is 0.0112. The Hall–Kier alpha value is -1.79. The standard InChI is InChI=1S/C9H17N3O4/c1-3-6(8(14)15)12-9(16)11-5(2)4-7(10)13/h5-6H,3-4H2,1-2H3,(H2,10,13)(H,14,15)(H2,11,12,16)/t5?,6-/m1/s1. The molecule has 0 saturated heterocycles. The van der Waals surface area contributed by atoms with E-state index in [1.54, 1.807) is 13.8 Å². The number of aliphatic carboxylic acids is 1. The van der Waals surface area contributed by atoms with Gasteiger partial charge in [0.15, 0.2) is 0 Å². The van der Waals surface area contributed by atoms with E-state index in [9.17, 15) is 14.4 Å². The zero-order valence-electron chi connectivity index (χ0n) is 9.32. The molecule has 2 atom stereocenters. The molecule has 92 valence electrons. The second-order valence-electron chi connectivity index (χ2n) is 3.49. The van der Waals surface area contributed by atoms with Gasteiger partial charge in [-0.15, -0.1) is 0 Å². The van der Waals surface area contributed by atoms with Crippen LogP contribution in [0.4, 0.5) is 4.79 Å². The van der Waals surface area contributed by atoms with Crippen molar-refractivity contribution in [2.45, 2.75) is 38.8 Å². The van der Waals surface area contributed by atoms with Gasteiger partial charge in [-0.3, -0.25) is 4.79 Å². The molecule has 0 aliphatic heterocycles. The molecule has 0 spiro atoms. The number of amides is 3. The molecule has 1 unspecified atom stereocenters. The number of carboxylic acids is 1. The van der Waals surface area contributed by atoms with E-state index in [-0.39, 0.29) is 12.8 Å². The predicted molar refractivity (Wildman–Crippen MR) is 56.7 cm³/mol. The summed E-state index contributed by atoms with van der Waals surface area (Å²) in [5.74, 6) is -1.63. The Morgan fingerprint density at radius 1 is 1.31 bits per heavy atom. The first-order valence-electron chi connectivity index (χ1n) is 4.95. The van der Waals surface area contributed by atoms with Crippen LogP contribution in [-0.4, -0.2) is 35.1 Å². The summed E-state index contributed by atoms with van der Waals surface area (Å²) in [6.45, 7) is 3.25. The van der Waals surface area contributed by atoms with Crippen molar-refractivity contribution in [2.75, 3.05) is 0 Å². The van der Waals surface area contributed by atoms with Crippen molar-refractivity contribution >= 4 is 17.9 Å². The number of nitrogens with two attached hydrogens (primary N) is 1. The van der Waals surface area contributed by atoms with Crippen LogP contribution in [0, 0.1) is 0 Å². The quantitative estimate of drug-likeness (QED) is 0.488. The van der Waals surface area contributed by atoms with Gasteiger partial charge < -0.3 is 21.5 Å². The number of rotatable bonds is 6. The molecule has 3 amide bonds. The van der Waals surface area contributed by atoms with Gasteiger partial charge in [-0.05, 0) is 13.3 Å². The SMILES string of the molecule is CC[C@@H](NC(=O)NC(C)CC(N)=O)C(=O)O. The Labute approximate surface area is 93.4 Å². The zero-order valence-corrected chi connectivity index (χ0v) is 9.32.